The van der Waals surface area contributed by atoms with E-state index < -0.39 is 29.2 Å². The number of fused-ring (bicyclic) bond motifs is 2. The topological polar surface area (TPSA) is 55.2 Å². The van der Waals surface area contributed by atoms with Crippen molar-refractivity contribution >= 4 is 53.7 Å². The van der Waals surface area contributed by atoms with Crippen LogP contribution in [0.2, 0.25) is 0 Å². The second-order valence-corrected chi connectivity index (χ2v) is 8.44. The molecule has 0 saturated heterocycles. The molecule has 2 aromatic heterocycles. The molecule has 1 N–H and O–H groups in total. The van der Waals surface area contributed by atoms with Gasteiger partial charge in [0.1, 0.15) is 11.5 Å². The molecule has 0 atom stereocenters. The van der Waals surface area contributed by atoms with E-state index in [1.54, 1.807) is 6.07 Å². The molecule has 0 spiro atoms. The molecule has 4 rings (SSSR count). The number of aromatic hydroxyl groups is 1. The number of aromatic nitrogens is 2. The number of rotatable bonds is 1. The summed E-state index contributed by atoms with van der Waals surface area (Å²) in [6, 6.07) is 7.29. The van der Waals surface area contributed by atoms with Crippen LogP contribution in [0.5, 0.6) is 11.5 Å². The van der Waals surface area contributed by atoms with Gasteiger partial charge in [-0.05, 0) is 56.1 Å². The van der Waals surface area contributed by atoms with E-state index in [1.807, 2.05) is 0 Å². The van der Waals surface area contributed by atoms with Crippen LogP contribution in [0.15, 0.2) is 57.7 Å². The maximum atomic E-state index is 12.8. The summed E-state index contributed by atoms with van der Waals surface area (Å²) in [6.45, 7) is 0. The third-order valence-corrected chi connectivity index (χ3v) is 5.21. The van der Waals surface area contributed by atoms with Gasteiger partial charge in [0.05, 0.1) is 29.3 Å². The van der Waals surface area contributed by atoms with Gasteiger partial charge in [-0.15, -0.1) is 0 Å². The summed E-state index contributed by atoms with van der Waals surface area (Å²) >= 11 is 6.29. The minimum Gasteiger partial charge on any atom is -0.507 e. The molecule has 0 aliphatic rings. The minimum atomic E-state index is -4.57. The van der Waals surface area contributed by atoms with Gasteiger partial charge in [-0.25, -0.2) is 0 Å². The van der Waals surface area contributed by atoms with Crippen LogP contribution in [0.25, 0.3) is 21.8 Å². The number of hydrogen-bond acceptors (Lipinski definition) is 4. The van der Waals surface area contributed by atoms with Crippen molar-refractivity contribution < 1.29 is 36.2 Å². The van der Waals surface area contributed by atoms with E-state index in [0.29, 0.717) is 30.8 Å². The van der Waals surface area contributed by atoms with Gasteiger partial charge in [-0.1, -0.05) is 29.7 Å². The van der Waals surface area contributed by atoms with Gasteiger partial charge in [0, 0.05) is 44.2 Å². The fourth-order valence-electron chi connectivity index (χ4n) is 2.89. The summed E-state index contributed by atoms with van der Waals surface area (Å²) in [5.41, 5.74) is -1.08. The van der Waals surface area contributed by atoms with E-state index >= 15 is 0 Å². The van der Waals surface area contributed by atoms with Crippen LogP contribution in [0.3, 0.4) is 0 Å². The first-order valence-electron chi connectivity index (χ1n) is 8.85. The molecule has 12 heteroatoms. The van der Waals surface area contributed by atoms with Crippen LogP contribution in [0.4, 0.5) is 26.3 Å². The van der Waals surface area contributed by atoms with E-state index in [1.165, 1.54) is 31.6 Å². The van der Waals surface area contributed by atoms with Crippen LogP contribution < -0.4 is 4.74 Å². The van der Waals surface area contributed by atoms with E-state index in [-0.39, 0.29) is 35.5 Å². The number of pyridine rings is 2. The number of hydrogen-bond donors (Lipinski definition) is 1. The molecule has 0 bridgehead atoms. The second kappa shape index (κ2) is 13.8. The lowest BCUT2D eigenvalue weighted by Gasteiger charge is -2.12. The Labute approximate surface area is 229 Å². The number of methoxy groups -OCH3 is 1. The first-order valence-corrected chi connectivity index (χ1v) is 10.4. The number of alkyl halides is 6. The highest BCUT2D eigenvalue weighted by Gasteiger charge is 2.35. The molecule has 0 amide bonds. The van der Waals surface area contributed by atoms with Crippen molar-refractivity contribution in [1.29, 1.82) is 0 Å². The van der Waals surface area contributed by atoms with Gasteiger partial charge in [0.25, 0.3) is 0 Å². The lowest BCUT2D eigenvalue weighted by Crippen LogP contribution is -2.07. The first-order chi connectivity index (χ1) is 15.3. The van der Waals surface area contributed by atoms with Gasteiger partial charge in [-0.2, -0.15) is 26.3 Å². The van der Waals surface area contributed by atoms with Gasteiger partial charge >= 0.3 is 12.4 Å². The Bertz CT molecular complexity index is 1330. The molecule has 0 aliphatic carbocycles. The molecule has 0 saturated carbocycles. The largest absolute Gasteiger partial charge is 0.507 e. The maximum Gasteiger partial charge on any atom is 0.419 e. The summed E-state index contributed by atoms with van der Waals surface area (Å²) < 4.78 is 81.7. The fraction of sp³-hybridized carbons (Fsp3) is 0.280. The molecule has 37 heavy (non-hydrogen) atoms. The number of ether oxygens (including phenoxy) is 1. The summed E-state index contributed by atoms with van der Waals surface area (Å²) in [5.74, 6) is -1.03. The van der Waals surface area contributed by atoms with Gasteiger partial charge in [-0.3, -0.25) is 9.97 Å². The molecule has 4 aromatic rings. The maximum absolute atomic E-state index is 12.8. The van der Waals surface area contributed by atoms with Crippen molar-refractivity contribution in [2.45, 2.75) is 42.1 Å². The average molecular weight is 662 g/mol. The monoisotopic (exact) mass is 660 g/mol. The molecule has 4 nitrogen and oxygen atoms in total. The Balaban J connectivity index is 0. The highest BCUT2D eigenvalue weighted by molar-refractivity contribution is 9.10. The summed E-state index contributed by atoms with van der Waals surface area (Å²) in [7, 11) is 1.20. The zero-order valence-electron chi connectivity index (χ0n) is 16.4. The van der Waals surface area contributed by atoms with Crippen molar-refractivity contribution in [3.8, 4) is 11.5 Å². The zero-order chi connectivity index (χ0) is 24.6. The number of nitrogens with zero attached hydrogens (tertiary/aromatic N) is 2. The number of phenols is 1. The molecule has 0 unspecified atom stereocenters. The molecule has 2 aromatic carbocycles. The highest BCUT2D eigenvalue weighted by atomic mass is 79.9. The second-order valence-electron chi connectivity index (χ2n) is 6.61. The Hall–Kier alpha value is -2.60. The normalized spacial score (nSPS) is 10.6. The van der Waals surface area contributed by atoms with Gasteiger partial charge < -0.3 is 9.84 Å². The predicted octanol–water partition coefficient (Wildman–Crippen LogP) is 10.3. The van der Waals surface area contributed by atoms with Crippen LogP contribution in [0, 0.1) is 0 Å². The van der Waals surface area contributed by atoms with E-state index in [0.717, 1.165) is 18.2 Å². The van der Waals surface area contributed by atoms with Gasteiger partial charge in [0.2, 0.25) is 0 Å². The Morgan fingerprint density at radius 3 is 1.49 bits per heavy atom. The third-order valence-electron chi connectivity index (χ3n) is 4.35. The van der Waals surface area contributed by atoms with Crippen molar-refractivity contribution in [3.63, 3.8) is 0 Å². The molecule has 0 radical (unpaired) electrons. The Morgan fingerprint density at radius 2 is 1.08 bits per heavy atom. The smallest absolute Gasteiger partial charge is 0.419 e. The number of benzene rings is 2. The number of halogens is 8. The fourth-order valence-corrected chi connectivity index (χ4v) is 3.58. The summed E-state index contributed by atoms with van der Waals surface area (Å²) in [5, 5.41) is 9.97. The van der Waals surface area contributed by atoms with E-state index in [9.17, 15) is 31.4 Å². The van der Waals surface area contributed by atoms with Crippen molar-refractivity contribution in [1.82, 2.24) is 9.97 Å². The zero-order valence-corrected chi connectivity index (χ0v) is 19.6. The molecule has 0 fully saturated rings. The summed E-state index contributed by atoms with van der Waals surface area (Å²) in [6.07, 6.45) is -6.04. The third kappa shape index (κ3) is 8.74. The molecule has 0 aliphatic heterocycles. The van der Waals surface area contributed by atoms with Crippen LogP contribution in [0.1, 0.15) is 40.8 Å². The van der Waals surface area contributed by atoms with Crippen molar-refractivity contribution in [3.05, 3.63) is 68.9 Å². The van der Waals surface area contributed by atoms with E-state index in [2.05, 4.69) is 41.8 Å². The highest BCUT2D eigenvalue weighted by Crippen LogP contribution is 2.39. The van der Waals surface area contributed by atoms with E-state index in [4.69, 9.17) is 4.74 Å². The Kier molecular flexibility index (Phi) is 13.6. The standard InChI is InChI=1S/C11H7BrF3NO.C10H5BrF3NO.4CH4/c1-17-10-4-9-6(2-7(12)5-16-9)3-8(10)11(13,14)15;11-6-1-5-2-7(10(12,13)14)9(16)3-8(5)15-4-6;;;;/h2-5H,1H3;1-4,16H;4*1H4. The SMILES string of the molecule is C.C.C.C.COc1cc2ncc(Br)cc2cc1C(F)(F)F.Oc1cc2ncc(Br)cc2cc1C(F)(F)F. The summed E-state index contributed by atoms with van der Waals surface area (Å²) in [4.78, 5) is 7.91. The van der Waals surface area contributed by atoms with Crippen molar-refractivity contribution in [2.75, 3.05) is 7.11 Å². The molecular weight excluding hydrogens is 634 g/mol. The van der Waals surface area contributed by atoms with Crippen LogP contribution in [-0.2, 0) is 12.4 Å². The first kappa shape index (κ1) is 36.6. The Morgan fingerprint density at radius 1 is 0.676 bits per heavy atom. The van der Waals surface area contributed by atoms with Crippen LogP contribution in [-0.4, -0.2) is 22.2 Å². The van der Waals surface area contributed by atoms with Crippen LogP contribution >= 0.6 is 31.9 Å². The lowest BCUT2D eigenvalue weighted by atomic mass is 10.1. The molecule has 2 heterocycles. The quantitative estimate of drug-likeness (QED) is 0.206. The molecular formula is C25H28Br2F6N2O2. The van der Waals surface area contributed by atoms with Gasteiger partial charge in [0.15, 0.2) is 0 Å². The number of phenolic OH excluding ortho intramolecular Hbond substituents is 1. The average Bonchev–Trinajstić information content (AvgIpc) is 2.71. The lowest BCUT2D eigenvalue weighted by molar-refractivity contribution is -0.139. The molecule has 206 valence electrons. The predicted molar refractivity (Wildman–Crippen MR) is 144 cm³/mol. The minimum absolute atomic E-state index is 0. The van der Waals surface area contributed by atoms with Crippen molar-refractivity contribution in [2.24, 2.45) is 0 Å².